The summed E-state index contributed by atoms with van der Waals surface area (Å²) in [6.45, 7) is 1.64. The first-order valence-corrected chi connectivity index (χ1v) is 9.31. The molecule has 0 saturated carbocycles. The summed E-state index contributed by atoms with van der Waals surface area (Å²) in [6.07, 6.45) is 2.53. The number of carbonyl (C=O) groups excluding carboxylic acids is 1. The van der Waals surface area contributed by atoms with Crippen molar-refractivity contribution in [3.05, 3.63) is 53.9 Å². The van der Waals surface area contributed by atoms with Crippen molar-refractivity contribution >= 4 is 16.9 Å². The van der Waals surface area contributed by atoms with Crippen LogP contribution in [0.2, 0.25) is 0 Å². The Morgan fingerprint density at radius 2 is 2.25 bits per heavy atom. The van der Waals surface area contributed by atoms with Crippen molar-refractivity contribution in [3.8, 4) is 11.5 Å². The number of hydrogen-bond donors (Lipinski definition) is 2. The highest BCUT2D eigenvalue weighted by Gasteiger charge is 2.21. The van der Waals surface area contributed by atoms with Crippen LogP contribution in [0.15, 0.2) is 42.7 Å². The van der Waals surface area contributed by atoms with Gasteiger partial charge in [0.1, 0.15) is 11.5 Å². The quantitative estimate of drug-likeness (QED) is 0.682. The van der Waals surface area contributed by atoms with Crippen LogP contribution in [-0.2, 0) is 13.0 Å². The summed E-state index contributed by atoms with van der Waals surface area (Å²) in [4.78, 5) is 16.9. The van der Waals surface area contributed by atoms with Gasteiger partial charge in [-0.2, -0.15) is 0 Å². The molecule has 0 fully saturated rings. The monoisotopic (exact) mass is 381 g/mol. The molecule has 0 spiro atoms. The van der Waals surface area contributed by atoms with Gasteiger partial charge in [-0.3, -0.25) is 4.79 Å². The van der Waals surface area contributed by atoms with Crippen molar-refractivity contribution in [3.63, 3.8) is 0 Å². The largest absolute Gasteiger partial charge is 0.497 e. The average Bonchev–Trinajstić information content (AvgIpc) is 3.14. The second-order valence-electron chi connectivity index (χ2n) is 6.93. The highest BCUT2D eigenvalue weighted by molar-refractivity contribution is 5.97. The molecule has 1 atom stereocenters. The predicted octanol–water partition coefficient (Wildman–Crippen LogP) is 2.02. The number of benzene rings is 2. The summed E-state index contributed by atoms with van der Waals surface area (Å²) < 4.78 is 12.9. The first-order chi connectivity index (χ1) is 13.7. The molecule has 0 radical (unpaired) electrons. The van der Waals surface area contributed by atoms with E-state index in [1.165, 1.54) is 0 Å². The molecule has 1 aliphatic rings. The predicted molar refractivity (Wildman–Crippen MR) is 105 cm³/mol. The molecule has 4 rings (SSSR count). The van der Waals surface area contributed by atoms with Gasteiger partial charge in [-0.25, -0.2) is 4.98 Å². The molecule has 28 heavy (non-hydrogen) atoms. The third kappa shape index (κ3) is 3.66. The number of nitrogens with zero attached hydrogens (tertiary/aromatic N) is 2. The summed E-state index contributed by atoms with van der Waals surface area (Å²) in [5.74, 6) is 1.73. The molecule has 0 bridgehead atoms. The number of amides is 1. The summed E-state index contributed by atoms with van der Waals surface area (Å²) in [7, 11) is 1.64. The van der Waals surface area contributed by atoms with E-state index in [4.69, 9.17) is 14.6 Å². The van der Waals surface area contributed by atoms with E-state index in [-0.39, 0.29) is 18.4 Å². The van der Waals surface area contributed by atoms with Gasteiger partial charge in [0.15, 0.2) is 0 Å². The fraction of sp³-hybridized carbons (Fsp3) is 0.333. The second kappa shape index (κ2) is 7.90. The smallest absolute Gasteiger partial charge is 0.251 e. The molecule has 2 N–H and O–H groups in total. The van der Waals surface area contributed by atoms with Crippen molar-refractivity contribution in [1.29, 1.82) is 0 Å². The topological polar surface area (TPSA) is 85.6 Å². The van der Waals surface area contributed by atoms with Crippen LogP contribution >= 0.6 is 0 Å². The number of imidazole rings is 1. The third-order valence-corrected chi connectivity index (χ3v) is 5.03. The minimum Gasteiger partial charge on any atom is -0.497 e. The van der Waals surface area contributed by atoms with Crippen LogP contribution in [0.4, 0.5) is 0 Å². The molecule has 0 unspecified atom stereocenters. The van der Waals surface area contributed by atoms with Gasteiger partial charge in [-0.05, 0) is 36.2 Å². The van der Waals surface area contributed by atoms with Crippen molar-refractivity contribution in [2.75, 3.05) is 26.9 Å². The van der Waals surface area contributed by atoms with Gasteiger partial charge in [-0.1, -0.05) is 6.07 Å². The zero-order chi connectivity index (χ0) is 19.5. The Morgan fingerprint density at radius 3 is 3.07 bits per heavy atom. The number of rotatable bonds is 6. The van der Waals surface area contributed by atoms with Gasteiger partial charge in [0.25, 0.3) is 5.91 Å². The summed E-state index contributed by atoms with van der Waals surface area (Å²) >= 11 is 0. The molecule has 0 aliphatic carbocycles. The Labute approximate surface area is 162 Å². The molecule has 1 aromatic heterocycles. The van der Waals surface area contributed by atoms with E-state index in [1.54, 1.807) is 25.6 Å². The Bertz CT molecular complexity index is 998. The lowest BCUT2D eigenvalue weighted by Crippen LogP contribution is -2.34. The molecule has 1 amide bonds. The Morgan fingerprint density at radius 1 is 1.36 bits per heavy atom. The van der Waals surface area contributed by atoms with E-state index < -0.39 is 0 Å². The van der Waals surface area contributed by atoms with E-state index in [0.717, 1.165) is 34.5 Å². The van der Waals surface area contributed by atoms with Crippen LogP contribution in [0.25, 0.3) is 11.0 Å². The zero-order valence-corrected chi connectivity index (χ0v) is 15.7. The van der Waals surface area contributed by atoms with E-state index in [9.17, 15) is 4.79 Å². The van der Waals surface area contributed by atoms with E-state index in [2.05, 4.69) is 10.3 Å². The van der Waals surface area contributed by atoms with Crippen molar-refractivity contribution in [2.45, 2.75) is 13.0 Å². The third-order valence-electron chi connectivity index (χ3n) is 5.03. The van der Waals surface area contributed by atoms with Crippen molar-refractivity contribution < 1.29 is 19.4 Å². The molecule has 2 heterocycles. The van der Waals surface area contributed by atoms with Crippen LogP contribution in [0, 0.1) is 5.92 Å². The molecule has 1 aliphatic heterocycles. The van der Waals surface area contributed by atoms with Gasteiger partial charge < -0.3 is 24.5 Å². The van der Waals surface area contributed by atoms with Crippen molar-refractivity contribution in [1.82, 2.24) is 14.9 Å². The van der Waals surface area contributed by atoms with Gasteiger partial charge in [0.2, 0.25) is 0 Å². The number of aromatic nitrogens is 2. The fourth-order valence-electron chi connectivity index (χ4n) is 3.50. The maximum atomic E-state index is 12.5. The summed E-state index contributed by atoms with van der Waals surface area (Å²) in [6, 6.07) is 11.3. The van der Waals surface area contributed by atoms with Gasteiger partial charge in [-0.15, -0.1) is 0 Å². The SMILES string of the molecule is COc1ccc2c(c1)OC[C@H](CNC(=O)c1ccc3c(c1)ncn3CCO)C2. The number of hydrogen-bond acceptors (Lipinski definition) is 5. The van der Waals surface area contributed by atoms with Crippen LogP contribution in [-0.4, -0.2) is 47.4 Å². The second-order valence-corrected chi connectivity index (χ2v) is 6.93. The standard InChI is InChI=1S/C21H23N3O4/c1-27-17-4-2-15-8-14(12-28-20(15)10-17)11-22-21(26)16-3-5-19-18(9-16)23-13-24(19)6-7-25/h2-5,9-10,13-14,25H,6-8,11-12H2,1H3,(H,22,26)/t14-/m0/s1. The Kier molecular flexibility index (Phi) is 5.16. The highest BCUT2D eigenvalue weighted by atomic mass is 16.5. The maximum Gasteiger partial charge on any atom is 0.251 e. The zero-order valence-electron chi connectivity index (χ0n) is 15.7. The number of aliphatic hydroxyl groups is 1. The molecular weight excluding hydrogens is 358 g/mol. The van der Waals surface area contributed by atoms with E-state index in [1.807, 2.05) is 28.8 Å². The fourth-order valence-corrected chi connectivity index (χ4v) is 3.50. The molecule has 7 nitrogen and oxygen atoms in total. The number of ether oxygens (including phenoxy) is 2. The normalized spacial score (nSPS) is 15.7. The van der Waals surface area contributed by atoms with Gasteiger partial charge in [0, 0.05) is 30.6 Å². The lowest BCUT2D eigenvalue weighted by molar-refractivity contribution is 0.0939. The average molecular weight is 381 g/mol. The number of methoxy groups -OCH3 is 1. The molecule has 0 saturated heterocycles. The number of nitrogens with one attached hydrogen (secondary N) is 1. The lowest BCUT2D eigenvalue weighted by atomic mass is 9.96. The molecule has 3 aromatic rings. The molecule has 146 valence electrons. The van der Waals surface area contributed by atoms with Crippen LogP contribution in [0.3, 0.4) is 0 Å². The summed E-state index contributed by atoms with van der Waals surface area (Å²) in [5.41, 5.74) is 3.34. The number of carbonyl (C=O) groups is 1. The van der Waals surface area contributed by atoms with E-state index >= 15 is 0 Å². The number of aliphatic hydroxyl groups excluding tert-OH is 1. The number of fused-ring (bicyclic) bond motifs is 2. The molecular formula is C21H23N3O4. The first-order valence-electron chi connectivity index (χ1n) is 9.31. The Balaban J connectivity index is 1.38. The van der Waals surface area contributed by atoms with Crippen molar-refractivity contribution in [2.24, 2.45) is 5.92 Å². The highest BCUT2D eigenvalue weighted by Crippen LogP contribution is 2.30. The molecule has 7 heteroatoms. The van der Waals surface area contributed by atoms with Crippen LogP contribution < -0.4 is 14.8 Å². The first kappa shape index (κ1) is 18.3. The van der Waals surface area contributed by atoms with Crippen LogP contribution in [0.5, 0.6) is 11.5 Å². The summed E-state index contributed by atoms with van der Waals surface area (Å²) in [5, 5.41) is 12.1. The van der Waals surface area contributed by atoms with Gasteiger partial charge in [0.05, 0.1) is 37.7 Å². The maximum absolute atomic E-state index is 12.5. The van der Waals surface area contributed by atoms with Crippen LogP contribution in [0.1, 0.15) is 15.9 Å². The van der Waals surface area contributed by atoms with E-state index in [0.29, 0.717) is 25.3 Å². The minimum absolute atomic E-state index is 0.0487. The lowest BCUT2D eigenvalue weighted by Gasteiger charge is -2.25. The molecule has 2 aromatic carbocycles. The van der Waals surface area contributed by atoms with Gasteiger partial charge >= 0.3 is 0 Å². The Hall–Kier alpha value is -3.06. The minimum atomic E-state index is -0.126.